The molecule has 0 aromatic heterocycles. The molecule has 1 aromatic rings. The van der Waals surface area contributed by atoms with Crippen LogP contribution in [0, 0.1) is 24.2 Å². The fraction of sp³-hybridized carbons (Fsp3) is 0.471. The Kier molecular flexibility index (Phi) is 5.35. The molecule has 0 unspecified atom stereocenters. The van der Waals surface area contributed by atoms with E-state index in [0.717, 1.165) is 11.1 Å². The highest BCUT2D eigenvalue weighted by Crippen LogP contribution is 2.19. The van der Waals surface area contributed by atoms with E-state index in [1.807, 2.05) is 32.2 Å². The number of carbonyl (C=O) groups excluding carboxylic acids is 1. The van der Waals surface area contributed by atoms with Gasteiger partial charge in [-0.1, -0.05) is 38.7 Å². The molecule has 0 bridgehead atoms. The quantitative estimate of drug-likeness (QED) is 0.841. The highest BCUT2D eigenvalue weighted by atomic mass is 16.2. The Morgan fingerprint density at radius 1 is 1.35 bits per heavy atom. The van der Waals surface area contributed by atoms with Crippen LogP contribution in [0.2, 0.25) is 0 Å². The van der Waals surface area contributed by atoms with Crippen LogP contribution < -0.4 is 0 Å². The number of hydrogen-bond acceptors (Lipinski definition) is 2. The number of rotatable bonds is 2. The van der Waals surface area contributed by atoms with Gasteiger partial charge in [0.1, 0.15) is 6.61 Å². The lowest BCUT2D eigenvalue weighted by Gasteiger charge is -2.27. The first-order valence-electron chi connectivity index (χ1n) is 6.71. The van der Waals surface area contributed by atoms with Crippen LogP contribution in [0.1, 0.15) is 42.3 Å². The van der Waals surface area contributed by atoms with Gasteiger partial charge >= 0.3 is 0 Å². The zero-order chi connectivity index (χ0) is 15.3. The molecule has 3 nitrogen and oxygen atoms in total. The highest BCUT2D eigenvalue weighted by molar-refractivity contribution is 5.96. The molecule has 20 heavy (non-hydrogen) atoms. The summed E-state index contributed by atoms with van der Waals surface area (Å²) in [5.41, 5.74) is 2.38. The average molecular weight is 273 g/mol. The molecule has 0 radical (unpaired) electrons. The van der Waals surface area contributed by atoms with Crippen molar-refractivity contribution < 1.29 is 9.90 Å². The topological polar surface area (TPSA) is 40.5 Å². The molecule has 0 fully saturated rings. The third-order valence-corrected chi connectivity index (χ3v) is 2.92. The van der Waals surface area contributed by atoms with Crippen molar-refractivity contribution in [2.45, 2.75) is 27.7 Å². The summed E-state index contributed by atoms with van der Waals surface area (Å²) in [4.78, 5) is 14.2. The molecule has 0 spiro atoms. The van der Waals surface area contributed by atoms with Gasteiger partial charge in [0, 0.05) is 24.7 Å². The molecule has 1 amide bonds. The number of carbonyl (C=O) groups is 1. The first-order chi connectivity index (χ1) is 9.26. The number of benzene rings is 1. The van der Waals surface area contributed by atoms with Gasteiger partial charge in [-0.05, 0) is 30.0 Å². The SMILES string of the molecule is Cc1c(C#CCO)cccc1C(=O)N(C)CC(C)(C)C. The van der Waals surface area contributed by atoms with Gasteiger partial charge in [0.15, 0.2) is 0 Å². The van der Waals surface area contributed by atoms with E-state index in [9.17, 15) is 4.79 Å². The minimum atomic E-state index is -0.179. The predicted molar refractivity (Wildman–Crippen MR) is 81.6 cm³/mol. The predicted octanol–water partition coefficient (Wildman–Crippen LogP) is 2.46. The lowest BCUT2D eigenvalue weighted by Crippen LogP contribution is -2.34. The molecule has 0 atom stereocenters. The molecular weight excluding hydrogens is 250 g/mol. The smallest absolute Gasteiger partial charge is 0.253 e. The zero-order valence-electron chi connectivity index (χ0n) is 12.9. The molecule has 0 aliphatic carbocycles. The second kappa shape index (κ2) is 6.58. The third kappa shape index (κ3) is 4.40. The van der Waals surface area contributed by atoms with Gasteiger partial charge in [-0.3, -0.25) is 4.79 Å². The first-order valence-corrected chi connectivity index (χ1v) is 6.71. The Labute approximate surface area is 121 Å². The highest BCUT2D eigenvalue weighted by Gasteiger charge is 2.20. The molecule has 0 heterocycles. The summed E-state index contributed by atoms with van der Waals surface area (Å²) >= 11 is 0. The van der Waals surface area contributed by atoms with E-state index in [1.54, 1.807) is 4.90 Å². The Balaban J connectivity index is 3.05. The van der Waals surface area contributed by atoms with Crippen LogP contribution in [0.4, 0.5) is 0 Å². The van der Waals surface area contributed by atoms with Gasteiger partial charge in [-0.2, -0.15) is 0 Å². The molecule has 108 valence electrons. The molecule has 0 aliphatic heterocycles. The van der Waals surface area contributed by atoms with Crippen molar-refractivity contribution in [3.8, 4) is 11.8 Å². The fourth-order valence-corrected chi connectivity index (χ4v) is 2.13. The lowest BCUT2D eigenvalue weighted by molar-refractivity contribution is 0.0745. The van der Waals surface area contributed by atoms with E-state index in [1.165, 1.54) is 0 Å². The second-order valence-corrected chi connectivity index (χ2v) is 6.16. The second-order valence-electron chi connectivity index (χ2n) is 6.16. The van der Waals surface area contributed by atoms with E-state index in [2.05, 4.69) is 32.6 Å². The Hall–Kier alpha value is -1.79. The summed E-state index contributed by atoms with van der Waals surface area (Å²) in [6, 6.07) is 5.51. The van der Waals surface area contributed by atoms with Crippen LogP contribution >= 0.6 is 0 Å². The van der Waals surface area contributed by atoms with Crippen molar-refractivity contribution in [3.05, 3.63) is 34.9 Å². The average Bonchev–Trinajstić information content (AvgIpc) is 2.34. The molecule has 0 aliphatic rings. The largest absolute Gasteiger partial charge is 0.384 e. The maximum atomic E-state index is 12.5. The Morgan fingerprint density at radius 2 is 2.00 bits per heavy atom. The van der Waals surface area contributed by atoms with Crippen molar-refractivity contribution in [2.24, 2.45) is 5.41 Å². The fourth-order valence-electron chi connectivity index (χ4n) is 2.13. The van der Waals surface area contributed by atoms with Crippen molar-refractivity contribution in [2.75, 3.05) is 20.2 Å². The van der Waals surface area contributed by atoms with Crippen molar-refractivity contribution in [1.82, 2.24) is 4.90 Å². The molecule has 0 saturated carbocycles. The van der Waals surface area contributed by atoms with E-state index in [-0.39, 0.29) is 17.9 Å². The third-order valence-electron chi connectivity index (χ3n) is 2.92. The van der Waals surface area contributed by atoms with E-state index >= 15 is 0 Å². The van der Waals surface area contributed by atoms with E-state index in [4.69, 9.17) is 5.11 Å². The molecule has 1 N–H and O–H groups in total. The normalized spacial score (nSPS) is 10.7. The van der Waals surface area contributed by atoms with Crippen LogP contribution in [0.5, 0.6) is 0 Å². The minimum Gasteiger partial charge on any atom is -0.384 e. The Morgan fingerprint density at radius 3 is 2.55 bits per heavy atom. The summed E-state index contributed by atoms with van der Waals surface area (Å²) in [7, 11) is 1.82. The zero-order valence-corrected chi connectivity index (χ0v) is 12.9. The van der Waals surface area contributed by atoms with Crippen LogP contribution in [0.25, 0.3) is 0 Å². The molecule has 3 heteroatoms. The van der Waals surface area contributed by atoms with Crippen molar-refractivity contribution in [3.63, 3.8) is 0 Å². The molecule has 1 aromatic carbocycles. The van der Waals surface area contributed by atoms with Gasteiger partial charge in [-0.15, -0.1) is 0 Å². The number of nitrogens with zero attached hydrogens (tertiary/aromatic N) is 1. The lowest BCUT2D eigenvalue weighted by atomic mass is 9.95. The summed E-state index contributed by atoms with van der Waals surface area (Å²) < 4.78 is 0. The van der Waals surface area contributed by atoms with Gasteiger partial charge in [0.05, 0.1) is 0 Å². The number of aliphatic hydroxyl groups excluding tert-OH is 1. The minimum absolute atomic E-state index is 0.00470. The summed E-state index contributed by atoms with van der Waals surface area (Å²) in [6.07, 6.45) is 0. The van der Waals surface area contributed by atoms with Crippen LogP contribution in [-0.4, -0.2) is 36.1 Å². The van der Waals surface area contributed by atoms with Crippen molar-refractivity contribution in [1.29, 1.82) is 0 Å². The number of hydrogen-bond donors (Lipinski definition) is 1. The van der Waals surface area contributed by atoms with E-state index in [0.29, 0.717) is 12.1 Å². The monoisotopic (exact) mass is 273 g/mol. The molecular formula is C17H23NO2. The van der Waals surface area contributed by atoms with Crippen LogP contribution in [0.15, 0.2) is 18.2 Å². The van der Waals surface area contributed by atoms with Crippen LogP contribution in [-0.2, 0) is 0 Å². The summed E-state index contributed by atoms with van der Waals surface area (Å²) in [6.45, 7) is 8.71. The van der Waals surface area contributed by atoms with Gasteiger partial charge in [0.25, 0.3) is 5.91 Å². The molecule has 1 rings (SSSR count). The first kappa shape index (κ1) is 16.3. The number of aliphatic hydroxyl groups is 1. The van der Waals surface area contributed by atoms with Crippen molar-refractivity contribution >= 4 is 5.91 Å². The summed E-state index contributed by atoms with van der Waals surface area (Å²) in [5, 5.41) is 8.76. The Bertz CT molecular complexity index is 544. The molecule has 0 saturated heterocycles. The van der Waals surface area contributed by atoms with Gasteiger partial charge in [-0.25, -0.2) is 0 Å². The van der Waals surface area contributed by atoms with E-state index < -0.39 is 0 Å². The van der Waals surface area contributed by atoms with Gasteiger partial charge in [0.2, 0.25) is 0 Å². The van der Waals surface area contributed by atoms with Gasteiger partial charge < -0.3 is 10.0 Å². The standard InChI is InChI=1S/C17H23NO2/c1-13-14(9-7-11-19)8-6-10-15(13)16(20)18(5)12-17(2,3)4/h6,8,10,19H,11-12H2,1-5H3. The number of amides is 1. The maximum Gasteiger partial charge on any atom is 0.253 e. The summed E-state index contributed by atoms with van der Waals surface area (Å²) in [5.74, 6) is 5.50. The maximum absolute atomic E-state index is 12.5. The van der Waals surface area contributed by atoms with Crippen LogP contribution in [0.3, 0.4) is 0 Å².